The van der Waals surface area contributed by atoms with Gasteiger partial charge in [-0.1, -0.05) is 22.0 Å². The SMILES string of the molecule is O=Cc1cc(Br)cc(C(F)(F)F)c1O.O=Cc1cccc(C(F)(F)F)c1O. The fraction of sp³-hybridized carbons (Fsp3) is 0.125. The van der Waals surface area contributed by atoms with Crippen LogP contribution in [-0.2, 0) is 12.4 Å². The van der Waals surface area contributed by atoms with Gasteiger partial charge in [0.2, 0.25) is 0 Å². The predicted octanol–water partition coefficient (Wildman–Crippen LogP) is 5.21. The van der Waals surface area contributed by atoms with Crippen LogP contribution in [0.15, 0.2) is 34.8 Å². The molecular formula is C16H9BrF6O4. The van der Waals surface area contributed by atoms with Gasteiger partial charge in [0.1, 0.15) is 11.5 Å². The second kappa shape index (κ2) is 8.42. The number of hydrogen-bond acceptors (Lipinski definition) is 4. The fourth-order valence-electron chi connectivity index (χ4n) is 1.81. The molecule has 0 bridgehead atoms. The van der Waals surface area contributed by atoms with E-state index in [2.05, 4.69) is 15.9 Å². The molecule has 4 nitrogen and oxygen atoms in total. The Hall–Kier alpha value is -2.56. The van der Waals surface area contributed by atoms with Crippen molar-refractivity contribution in [2.45, 2.75) is 12.4 Å². The maximum Gasteiger partial charge on any atom is 0.420 e. The predicted molar refractivity (Wildman–Crippen MR) is 84.7 cm³/mol. The zero-order valence-corrected chi connectivity index (χ0v) is 14.5. The maximum atomic E-state index is 12.2. The number of carbonyl (C=O) groups is 2. The number of hydrogen-bond donors (Lipinski definition) is 2. The highest BCUT2D eigenvalue weighted by Crippen LogP contribution is 2.39. The van der Waals surface area contributed by atoms with Crippen LogP contribution >= 0.6 is 15.9 Å². The Labute approximate surface area is 156 Å². The third kappa shape index (κ3) is 5.71. The van der Waals surface area contributed by atoms with Crippen molar-refractivity contribution in [3.8, 4) is 11.5 Å². The summed E-state index contributed by atoms with van der Waals surface area (Å²) in [4.78, 5) is 20.5. The Morgan fingerprint density at radius 2 is 1.26 bits per heavy atom. The van der Waals surface area contributed by atoms with Gasteiger partial charge in [0.25, 0.3) is 0 Å². The monoisotopic (exact) mass is 458 g/mol. The van der Waals surface area contributed by atoms with Gasteiger partial charge in [-0.15, -0.1) is 0 Å². The quantitative estimate of drug-likeness (QED) is 0.478. The van der Waals surface area contributed by atoms with E-state index in [1.165, 1.54) is 0 Å². The lowest BCUT2D eigenvalue weighted by Gasteiger charge is -2.10. The first kappa shape index (κ1) is 22.5. The van der Waals surface area contributed by atoms with Crippen LogP contribution < -0.4 is 0 Å². The molecule has 0 atom stereocenters. The Balaban J connectivity index is 0.000000271. The van der Waals surface area contributed by atoms with E-state index < -0.39 is 40.5 Å². The molecule has 0 aliphatic rings. The van der Waals surface area contributed by atoms with Gasteiger partial charge in [-0.25, -0.2) is 0 Å². The molecule has 0 amide bonds. The number of rotatable bonds is 2. The summed E-state index contributed by atoms with van der Waals surface area (Å²) in [6.07, 6.45) is -8.98. The summed E-state index contributed by atoms with van der Waals surface area (Å²) in [6.45, 7) is 0. The molecule has 2 rings (SSSR count). The minimum Gasteiger partial charge on any atom is -0.507 e. The third-order valence-corrected chi connectivity index (χ3v) is 3.49. The number of benzene rings is 2. The summed E-state index contributed by atoms with van der Waals surface area (Å²) in [5.74, 6) is -2.07. The van der Waals surface area contributed by atoms with Crippen molar-refractivity contribution in [3.05, 3.63) is 57.1 Å². The molecule has 2 aromatic carbocycles. The van der Waals surface area contributed by atoms with E-state index >= 15 is 0 Å². The highest BCUT2D eigenvalue weighted by molar-refractivity contribution is 9.10. The Morgan fingerprint density at radius 3 is 1.70 bits per heavy atom. The first-order valence-corrected chi connectivity index (χ1v) is 7.51. The number of phenols is 2. The highest BCUT2D eigenvalue weighted by atomic mass is 79.9. The van der Waals surface area contributed by atoms with Crippen molar-refractivity contribution < 1.29 is 46.1 Å². The fourth-order valence-corrected chi connectivity index (χ4v) is 2.29. The molecular weight excluding hydrogens is 450 g/mol. The van der Waals surface area contributed by atoms with Gasteiger partial charge < -0.3 is 10.2 Å². The second-order valence-corrected chi connectivity index (χ2v) is 5.78. The van der Waals surface area contributed by atoms with E-state index in [0.717, 1.165) is 18.2 Å². The lowest BCUT2D eigenvalue weighted by Crippen LogP contribution is -2.06. The van der Waals surface area contributed by atoms with Gasteiger partial charge in [-0.3, -0.25) is 9.59 Å². The summed E-state index contributed by atoms with van der Waals surface area (Å²) >= 11 is 2.81. The third-order valence-electron chi connectivity index (χ3n) is 3.04. The average molecular weight is 459 g/mol. The first-order valence-electron chi connectivity index (χ1n) is 6.72. The van der Waals surface area contributed by atoms with Crippen molar-refractivity contribution in [2.75, 3.05) is 0 Å². The number of phenolic OH excluding ortho intramolecular Hbond substituents is 2. The van der Waals surface area contributed by atoms with E-state index in [1.807, 2.05) is 0 Å². The van der Waals surface area contributed by atoms with Gasteiger partial charge in [-0.05, 0) is 24.3 Å². The van der Waals surface area contributed by atoms with Gasteiger partial charge >= 0.3 is 12.4 Å². The number of halogens is 7. The van der Waals surface area contributed by atoms with Crippen molar-refractivity contribution in [1.29, 1.82) is 0 Å². The highest BCUT2D eigenvalue weighted by Gasteiger charge is 2.35. The van der Waals surface area contributed by atoms with E-state index in [-0.39, 0.29) is 22.6 Å². The number of para-hydroxylation sites is 1. The molecule has 0 heterocycles. The van der Waals surface area contributed by atoms with Crippen LogP contribution in [0.2, 0.25) is 0 Å². The maximum absolute atomic E-state index is 12.2. The topological polar surface area (TPSA) is 74.6 Å². The summed E-state index contributed by atoms with van der Waals surface area (Å²) in [7, 11) is 0. The van der Waals surface area contributed by atoms with E-state index in [1.54, 1.807) is 0 Å². The molecule has 2 aromatic rings. The Bertz CT molecular complexity index is 846. The van der Waals surface area contributed by atoms with Crippen LogP contribution in [0.3, 0.4) is 0 Å². The van der Waals surface area contributed by atoms with Crippen LogP contribution in [0, 0.1) is 0 Å². The number of alkyl halides is 6. The minimum absolute atomic E-state index is 0.0877. The number of aromatic hydroxyl groups is 2. The van der Waals surface area contributed by atoms with Gasteiger partial charge in [-0.2, -0.15) is 26.3 Å². The van der Waals surface area contributed by atoms with Crippen LogP contribution in [0.4, 0.5) is 26.3 Å². The molecule has 146 valence electrons. The summed E-state index contributed by atoms with van der Waals surface area (Å²) < 4.78 is 73.1. The summed E-state index contributed by atoms with van der Waals surface area (Å²) in [5, 5.41) is 18.0. The molecule has 0 aliphatic carbocycles. The first-order chi connectivity index (χ1) is 12.3. The van der Waals surface area contributed by atoms with Crippen molar-refractivity contribution >= 4 is 28.5 Å². The molecule has 27 heavy (non-hydrogen) atoms. The standard InChI is InChI=1S/C8H4BrF3O2.C8H5F3O2/c9-5-1-4(3-13)7(14)6(2-5)8(10,11)12;9-8(10,11)6-3-1-2-5(4-12)7(6)13/h1-3,14H;1-4,13H. The molecule has 0 saturated carbocycles. The number of carbonyl (C=O) groups excluding carboxylic acids is 2. The zero-order chi connectivity index (χ0) is 21.0. The molecule has 0 aliphatic heterocycles. The lowest BCUT2D eigenvalue weighted by molar-refractivity contribution is -0.139. The summed E-state index contributed by atoms with van der Waals surface area (Å²) in [6, 6.07) is 4.70. The van der Waals surface area contributed by atoms with Crippen LogP contribution in [0.25, 0.3) is 0 Å². The molecule has 0 radical (unpaired) electrons. The van der Waals surface area contributed by atoms with Crippen LogP contribution in [0.5, 0.6) is 11.5 Å². The molecule has 0 unspecified atom stereocenters. The van der Waals surface area contributed by atoms with Crippen LogP contribution in [-0.4, -0.2) is 22.8 Å². The van der Waals surface area contributed by atoms with Gasteiger partial charge in [0.15, 0.2) is 12.6 Å². The number of aldehydes is 2. The zero-order valence-electron chi connectivity index (χ0n) is 12.9. The van der Waals surface area contributed by atoms with Crippen molar-refractivity contribution in [1.82, 2.24) is 0 Å². The van der Waals surface area contributed by atoms with Crippen LogP contribution in [0.1, 0.15) is 31.8 Å². The molecule has 0 fully saturated rings. The minimum atomic E-state index is -4.67. The van der Waals surface area contributed by atoms with Crippen molar-refractivity contribution in [3.63, 3.8) is 0 Å². The van der Waals surface area contributed by atoms with E-state index in [9.17, 15) is 35.9 Å². The molecule has 11 heteroatoms. The molecule has 0 spiro atoms. The Kier molecular flexibility index (Phi) is 7.01. The van der Waals surface area contributed by atoms with Gasteiger partial charge in [0.05, 0.1) is 22.3 Å². The van der Waals surface area contributed by atoms with E-state index in [4.69, 9.17) is 10.2 Å². The Morgan fingerprint density at radius 1 is 0.778 bits per heavy atom. The smallest absolute Gasteiger partial charge is 0.420 e. The average Bonchev–Trinajstić information content (AvgIpc) is 2.55. The van der Waals surface area contributed by atoms with Crippen molar-refractivity contribution in [2.24, 2.45) is 0 Å². The molecule has 0 saturated heterocycles. The van der Waals surface area contributed by atoms with Gasteiger partial charge in [0, 0.05) is 4.47 Å². The molecule has 2 N–H and O–H groups in total. The lowest BCUT2D eigenvalue weighted by atomic mass is 10.1. The summed E-state index contributed by atoms with van der Waals surface area (Å²) in [5.41, 5.74) is -3.19. The normalized spacial score (nSPS) is 11.4. The van der Waals surface area contributed by atoms with E-state index in [0.29, 0.717) is 12.1 Å². The largest absolute Gasteiger partial charge is 0.507 e. The second-order valence-electron chi connectivity index (χ2n) is 4.87. The molecule has 0 aromatic heterocycles.